The van der Waals surface area contributed by atoms with Crippen molar-refractivity contribution in [2.24, 2.45) is 0 Å². The lowest BCUT2D eigenvalue weighted by Crippen LogP contribution is -2.09. The van der Waals surface area contributed by atoms with Crippen LogP contribution in [0.25, 0.3) is 17.0 Å². The van der Waals surface area contributed by atoms with Gasteiger partial charge in [0, 0.05) is 22.9 Å². The number of aromatic nitrogens is 1. The number of nitrogens with one attached hydrogen (secondary N) is 1. The van der Waals surface area contributed by atoms with E-state index in [2.05, 4.69) is 22.9 Å². The zero-order valence-corrected chi connectivity index (χ0v) is 12.6. The van der Waals surface area contributed by atoms with Crippen LogP contribution in [0.4, 0.5) is 5.69 Å². The van der Waals surface area contributed by atoms with Crippen molar-refractivity contribution in [1.82, 2.24) is 4.98 Å². The number of anilines is 1. The highest BCUT2D eigenvalue weighted by Crippen LogP contribution is 2.38. The van der Waals surface area contributed by atoms with Crippen LogP contribution in [0.2, 0.25) is 0 Å². The zero-order valence-electron chi connectivity index (χ0n) is 12.6. The molecular weight excluding hydrogens is 284 g/mol. The van der Waals surface area contributed by atoms with Gasteiger partial charge >= 0.3 is 0 Å². The van der Waals surface area contributed by atoms with Gasteiger partial charge in [0.25, 0.3) is 0 Å². The number of pyridine rings is 1. The van der Waals surface area contributed by atoms with Crippen molar-refractivity contribution in [1.29, 1.82) is 0 Å². The highest BCUT2D eigenvalue weighted by molar-refractivity contribution is 5.95. The fourth-order valence-electron chi connectivity index (χ4n) is 2.74. The van der Waals surface area contributed by atoms with E-state index in [1.54, 1.807) is 0 Å². The minimum atomic E-state index is 0.508. The molecule has 2 aromatic carbocycles. The number of rotatable bonds is 3. The fourth-order valence-corrected chi connectivity index (χ4v) is 2.74. The Labute approximate surface area is 135 Å². The minimum Gasteiger partial charge on any atom is -0.473 e. The molecule has 23 heavy (non-hydrogen) atoms. The predicted octanol–water partition coefficient (Wildman–Crippen LogP) is 4.72. The number of hydrogen-bond acceptors (Lipinski definition) is 3. The van der Waals surface area contributed by atoms with Crippen LogP contribution in [0, 0.1) is 0 Å². The molecule has 0 amide bonds. The van der Waals surface area contributed by atoms with E-state index in [0.29, 0.717) is 12.5 Å². The lowest BCUT2D eigenvalue weighted by molar-refractivity contribution is 0.294. The number of hydrogen-bond donors (Lipinski definition) is 1. The molecule has 1 aromatic heterocycles. The van der Waals surface area contributed by atoms with Crippen LogP contribution in [0.15, 0.2) is 73.3 Å². The van der Waals surface area contributed by atoms with E-state index in [4.69, 9.17) is 4.74 Å². The van der Waals surface area contributed by atoms with E-state index in [9.17, 15) is 0 Å². The standard InChI is InChI=1S/C20H16N2O/c1-14-16-9-5-6-10-17(16)20-18(21-14)11-12-19(22-20)23-13-15-7-3-2-4-8-15/h2-12,21H,1,13H2. The summed E-state index contributed by atoms with van der Waals surface area (Å²) in [4.78, 5) is 4.68. The van der Waals surface area contributed by atoms with Gasteiger partial charge in [0.1, 0.15) is 6.61 Å². The van der Waals surface area contributed by atoms with Gasteiger partial charge < -0.3 is 10.1 Å². The molecule has 2 heterocycles. The van der Waals surface area contributed by atoms with Crippen LogP contribution in [-0.4, -0.2) is 4.98 Å². The third-order valence-corrected chi connectivity index (χ3v) is 3.89. The second-order valence-corrected chi connectivity index (χ2v) is 5.47. The number of ether oxygens (including phenoxy) is 1. The molecule has 1 aliphatic rings. The average Bonchev–Trinajstić information content (AvgIpc) is 2.61. The normalized spacial score (nSPS) is 12.1. The van der Waals surface area contributed by atoms with E-state index < -0.39 is 0 Å². The Morgan fingerprint density at radius 3 is 2.43 bits per heavy atom. The van der Waals surface area contributed by atoms with Crippen molar-refractivity contribution in [2.75, 3.05) is 5.32 Å². The molecule has 3 nitrogen and oxygen atoms in total. The van der Waals surface area contributed by atoms with Gasteiger partial charge in [0.15, 0.2) is 0 Å². The molecule has 0 saturated heterocycles. The molecule has 0 bridgehead atoms. The first-order chi connectivity index (χ1) is 11.3. The molecule has 0 fully saturated rings. The first-order valence-electron chi connectivity index (χ1n) is 7.55. The SMILES string of the molecule is C=C1Nc2ccc(OCc3ccccc3)nc2-c2ccccc21. The maximum Gasteiger partial charge on any atom is 0.214 e. The van der Waals surface area contributed by atoms with Crippen LogP contribution < -0.4 is 10.1 Å². The van der Waals surface area contributed by atoms with Gasteiger partial charge in [0.05, 0.1) is 11.4 Å². The van der Waals surface area contributed by atoms with Crippen LogP contribution in [0.5, 0.6) is 5.88 Å². The van der Waals surface area contributed by atoms with Crippen molar-refractivity contribution in [3.05, 3.63) is 84.4 Å². The maximum absolute atomic E-state index is 5.84. The summed E-state index contributed by atoms with van der Waals surface area (Å²) in [5.74, 6) is 0.622. The number of fused-ring (bicyclic) bond motifs is 3. The van der Waals surface area contributed by atoms with Crippen molar-refractivity contribution in [2.45, 2.75) is 6.61 Å². The molecule has 0 radical (unpaired) electrons. The molecular formula is C20H16N2O. The molecule has 112 valence electrons. The number of nitrogens with zero attached hydrogens (tertiary/aromatic N) is 1. The largest absolute Gasteiger partial charge is 0.473 e. The second-order valence-electron chi connectivity index (χ2n) is 5.47. The van der Waals surface area contributed by atoms with Crippen LogP contribution >= 0.6 is 0 Å². The smallest absolute Gasteiger partial charge is 0.214 e. The Kier molecular flexibility index (Phi) is 3.31. The lowest BCUT2D eigenvalue weighted by Gasteiger charge is -2.22. The van der Waals surface area contributed by atoms with Crippen molar-refractivity contribution >= 4 is 11.4 Å². The summed E-state index contributed by atoms with van der Waals surface area (Å²) < 4.78 is 5.84. The van der Waals surface area contributed by atoms with E-state index in [1.807, 2.05) is 60.7 Å². The predicted molar refractivity (Wildman–Crippen MR) is 93.1 cm³/mol. The first kappa shape index (κ1) is 13.6. The third kappa shape index (κ3) is 2.57. The Bertz CT molecular complexity index is 872. The molecule has 0 saturated carbocycles. The average molecular weight is 300 g/mol. The Morgan fingerprint density at radius 1 is 0.870 bits per heavy atom. The summed E-state index contributed by atoms with van der Waals surface area (Å²) in [6.07, 6.45) is 0. The van der Waals surface area contributed by atoms with Crippen LogP contribution in [-0.2, 0) is 6.61 Å². The summed E-state index contributed by atoms with van der Waals surface area (Å²) >= 11 is 0. The molecule has 1 aliphatic heterocycles. The van der Waals surface area contributed by atoms with Crippen molar-refractivity contribution in [3.8, 4) is 17.1 Å². The van der Waals surface area contributed by atoms with E-state index in [-0.39, 0.29) is 0 Å². The van der Waals surface area contributed by atoms with Crippen LogP contribution in [0.1, 0.15) is 11.1 Å². The highest BCUT2D eigenvalue weighted by Gasteiger charge is 2.19. The number of benzene rings is 2. The molecule has 3 heteroatoms. The van der Waals surface area contributed by atoms with Gasteiger partial charge in [-0.2, -0.15) is 0 Å². The monoisotopic (exact) mass is 300 g/mol. The van der Waals surface area contributed by atoms with Gasteiger partial charge in [-0.1, -0.05) is 61.2 Å². The van der Waals surface area contributed by atoms with Crippen molar-refractivity contribution < 1.29 is 4.74 Å². The topological polar surface area (TPSA) is 34.1 Å². The molecule has 0 aliphatic carbocycles. The Balaban J connectivity index is 1.65. The van der Waals surface area contributed by atoms with E-state index in [1.165, 1.54) is 0 Å². The first-order valence-corrected chi connectivity index (χ1v) is 7.55. The quantitative estimate of drug-likeness (QED) is 0.759. The third-order valence-electron chi connectivity index (χ3n) is 3.89. The van der Waals surface area contributed by atoms with Gasteiger partial charge in [0.2, 0.25) is 5.88 Å². The maximum atomic E-state index is 5.84. The van der Waals surface area contributed by atoms with E-state index >= 15 is 0 Å². The van der Waals surface area contributed by atoms with E-state index in [0.717, 1.165) is 33.8 Å². The van der Waals surface area contributed by atoms with Crippen molar-refractivity contribution in [3.63, 3.8) is 0 Å². The molecule has 0 atom stereocenters. The van der Waals surface area contributed by atoms with Gasteiger partial charge in [-0.15, -0.1) is 0 Å². The summed E-state index contributed by atoms with van der Waals surface area (Å²) in [6.45, 7) is 4.59. The summed E-state index contributed by atoms with van der Waals surface area (Å²) in [6, 6.07) is 22.1. The molecule has 3 aromatic rings. The fraction of sp³-hybridized carbons (Fsp3) is 0.0500. The highest BCUT2D eigenvalue weighted by atomic mass is 16.5. The summed E-state index contributed by atoms with van der Waals surface area (Å²) in [5, 5.41) is 3.30. The molecule has 0 unspecified atom stereocenters. The summed E-state index contributed by atoms with van der Waals surface area (Å²) in [5.41, 5.74) is 6.04. The molecule has 1 N–H and O–H groups in total. The lowest BCUT2D eigenvalue weighted by atomic mass is 9.97. The summed E-state index contributed by atoms with van der Waals surface area (Å²) in [7, 11) is 0. The second kappa shape index (κ2) is 5.61. The minimum absolute atomic E-state index is 0.508. The molecule has 4 rings (SSSR count). The van der Waals surface area contributed by atoms with Crippen LogP contribution in [0.3, 0.4) is 0 Å². The van der Waals surface area contributed by atoms with Gasteiger partial charge in [-0.05, 0) is 11.6 Å². The van der Waals surface area contributed by atoms with Gasteiger partial charge in [-0.3, -0.25) is 0 Å². The zero-order chi connectivity index (χ0) is 15.6. The molecule has 0 spiro atoms. The van der Waals surface area contributed by atoms with Gasteiger partial charge in [-0.25, -0.2) is 4.98 Å². The Morgan fingerprint density at radius 2 is 1.61 bits per heavy atom. The Hall–Kier alpha value is -3.07.